The standard InChI is InChI=1S/C18H18F2N2O/c1-12(18(23)21-15-6-7-16(19)17(20)10-15)22-9-8-13-4-2-3-5-14(13)11-22/h2-7,10,12H,8-9,11H2,1H3,(H,21,23). The van der Waals surface area contributed by atoms with Crippen molar-refractivity contribution in [1.29, 1.82) is 0 Å². The molecule has 0 saturated carbocycles. The molecule has 3 nitrogen and oxygen atoms in total. The number of anilines is 1. The Balaban J connectivity index is 1.67. The highest BCUT2D eigenvalue weighted by molar-refractivity contribution is 5.94. The summed E-state index contributed by atoms with van der Waals surface area (Å²) in [4.78, 5) is 14.4. The van der Waals surface area contributed by atoms with Crippen molar-refractivity contribution >= 4 is 11.6 Å². The summed E-state index contributed by atoms with van der Waals surface area (Å²) in [5, 5.41) is 2.64. The molecule has 23 heavy (non-hydrogen) atoms. The van der Waals surface area contributed by atoms with Gasteiger partial charge in [0.05, 0.1) is 6.04 Å². The van der Waals surface area contributed by atoms with Crippen molar-refractivity contribution in [1.82, 2.24) is 4.90 Å². The maximum atomic E-state index is 13.2. The minimum Gasteiger partial charge on any atom is -0.325 e. The van der Waals surface area contributed by atoms with Crippen LogP contribution in [0.1, 0.15) is 18.1 Å². The lowest BCUT2D eigenvalue weighted by atomic mass is 9.99. The molecule has 5 heteroatoms. The molecule has 1 aliphatic rings. The SMILES string of the molecule is CC(C(=O)Nc1ccc(F)c(F)c1)N1CCc2ccccc2C1. The van der Waals surface area contributed by atoms with Crippen molar-refractivity contribution in [2.45, 2.75) is 25.9 Å². The van der Waals surface area contributed by atoms with Crippen LogP contribution in [0.15, 0.2) is 42.5 Å². The number of nitrogens with one attached hydrogen (secondary N) is 1. The normalized spacial score (nSPS) is 15.8. The minimum atomic E-state index is -0.970. The molecule has 0 saturated heterocycles. The van der Waals surface area contributed by atoms with E-state index in [1.54, 1.807) is 0 Å². The molecule has 1 atom stereocenters. The molecule has 0 fully saturated rings. The first kappa shape index (κ1) is 15.6. The summed E-state index contributed by atoms with van der Waals surface area (Å²) in [6.45, 7) is 3.33. The lowest BCUT2D eigenvalue weighted by molar-refractivity contribution is -0.121. The predicted octanol–water partition coefficient (Wildman–Crippen LogP) is 3.35. The Bertz CT molecular complexity index is 733. The van der Waals surface area contributed by atoms with E-state index in [4.69, 9.17) is 0 Å². The number of hydrogen-bond acceptors (Lipinski definition) is 2. The van der Waals surface area contributed by atoms with Crippen molar-refractivity contribution in [3.05, 3.63) is 65.2 Å². The Morgan fingerprint density at radius 1 is 1.13 bits per heavy atom. The van der Waals surface area contributed by atoms with Crippen LogP contribution in [0, 0.1) is 11.6 Å². The van der Waals surface area contributed by atoms with Crippen LogP contribution in [-0.2, 0) is 17.8 Å². The zero-order chi connectivity index (χ0) is 16.4. The zero-order valence-corrected chi connectivity index (χ0v) is 12.9. The quantitative estimate of drug-likeness (QED) is 0.942. The summed E-state index contributed by atoms with van der Waals surface area (Å²) in [5.41, 5.74) is 2.81. The van der Waals surface area contributed by atoms with E-state index < -0.39 is 11.6 Å². The molecule has 3 rings (SSSR count). The summed E-state index contributed by atoms with van der Waals surface area (Å²) < 4.78 is 26.1. The first-order valence-corrected chi connectivity index (χ1v) is 7.61. The lowest BCUT2D eigenvalue weighted by Crippen LogP contribution is -2.44. The molecule has 0 bridgehead atoms. The summed E-state index contributed by atoms with van der Waals surface area (Å²) in [6.07, 6.45) is 0.902. The monoisotopic (exact) mass is 316 g/mol. The van der Waals surface area contributed by atoms with Gasteiger partial charge >= 0.3 is 0 Å². The van der Waals surface area contributed by atoms with Gasteiger partial charge in [-0.25, -0.2) is 8.78 Å². The molecule has 1 N–H and O–H groups in total. The molecular weight excluding hydrogens is 298 g/mol. The van der Waals surface area contributed by atoms with E-state index in [-0.39, 0.29) is 17.6 Å². The van der Waals surface area contributed by atoms with Crippen LogP contribution in [-0.4, -0.2) is 23.4 Å². The van der Waals surface area contributed by atoms with Gasteiger partial charge in [0.2, 0.25) is 5.91 Å². The average molecular weight is 316 g/mol. The van der Waals surface area contributed by atoms with Crippen molar-refractivity contribution in [2.24, 2.45) is 0 Å². The summed E-state index contributed by atoms with van der Waals surface area (Å²) in [7, 11) is 0. The second kappa shape index (κ2) is 6.46. The van der Waals surface area contributed by atoms with Crippen LogP contribution in [0.25, 0.3) is 0 Å². The van der Waals surface area contributed by atoms with Crippen molar-refractivity contribution in [2.75, 3.05) is 11.9 Å². The molecular formula is C18H18F2N2O. The van der Waals surface area contributed by atoms with Gasteiger partial charge in [0, 0.05) is 24.8 Å². The van der Waals surface area contributed by atoms with E-state index in [1.807, 2.05) is 19.1 Å². The van der Waals surface area contributed by atoms with Gasteiger partial charge in [-0.1, -0.05) is 24.3 Å². The fraction of sp³-hybridized carbons (Fsp3) is 0.278. The van der Waals surface area contributed by atoms with Crippen LogP contribution in [0.5, 0.6) is 0 Å². The van der Waals surface area contributed by atoms with E-state index >= 15 is 0 Å². The number of halogens is 2. The molecule has 1 aliphatic heterocycles. The number of rotatable bonds is 3. The highest BCUT2D eigenvalue weighted by atomic mass is 19.2. The van der Waals surface area contributed by atoms with Crippen LogP contribution >= 0.6 is 0 Å². The van der Waals surface area contributed by atoms with Gasteiger partial charge < -0.3 is 5.32 Å². The first-order chi connectivity index (χ1) is 11.0. The fourth-order valence-electron chi connectivity index (χ4n) is 2.83. The summed E-state index contributed by atoms with van der Waals surface area (Å²) >= 11 is 0. The molecule has 0 radical (unpaired) electrons. The van der Waals surface area contributed by atoms with Crippen LogP contribution in [0.2, 0.25) is 0 Å². The van der Waals surface area contributed by atoms with Gasteiger partial charge in [-0.2, -0.15) is 0 Å². The van der Waals surface area contributed by atoms with Gasteiger partial charge in [0.15, 0.2) is 11.6 Å². The smallest absolute Gasteiger partial charge is 0.241 e. The van der Waals surface area contributed by atoms with Crippen molar-refractivity contribution < 1.29 is 13.6 Å². The van der Waals surface area contributed by atoms with E-state index in [1.165, 1.54) is 17.2 Å². The molecule has 2 aromatic rings. The second-order valence-electron chi connectivity index (χ2n) is 5.78. The number of carbonyl (C=O) groups is 1. The molecule has 1 unspecified atom stereocenters. The Kier molecular flexibility index (Phi) is 4.39. The maximum Gasteiger partial charge on any atom is 0.241 e. The molecule has 120 valence electrons. The molecule has 1 amide bonds. The van der Waals surface area contributed by atoms with Crippen LogP contribution in [0.4, 0.5) is 14.5 Å². The van der Waals surface area contributed by atoms with Gasteiger partial charge in [-0.05, 0) is 36.6 Å². The molecule has 0 aromatic heterocycles. The van der Waals surface area contributed by atoms with Gasteiger partial charge in [0.25, 0.3) is 0 Å². The largest absolute Gasteiger partial charge is 0.325 e. The Labute approximate surface area is 133 Å². The first-order valence-electron chi connectivity index (χ1n) is 7.61. The number of amides is 1. The molecule has 2 aromatic carbocycles. The second-order valence-corrected chi connectivity index (χ2v) is 5.78. The topological polar surface area (TPSA) is 32.3 Å². The third kappa shape index (κ3) is 3.40. The van der Waals surface area contributed by atoms with Crippen LogP contribution < -0.4 is 5.32 Å². The number of nitrogens with zero attached hydrogens (tertiary/aromatic N) is 1. The zero-order valence-electron chi connectivity index (χ0n) is 12.9. The van der Waals surface area contributed by atoms with Gasteiger partial charge in [0.1, 0.15) is 0 Å². The predicted molar refractivity (Wildman–Crippen MR) is 85.0 cm³/mol. The molecule has 0 aliphatic carbocycles. The summed E-state index contributed by atoms with van der Waals surface area (Å²) in [6, 6.07) is 11.2. The molecule has 1 heterocycles. The van der Waals surface area contributed by atoms with E-state index in [9.17, 15) is 13.6 Å². The van der Waals surface area contributed by atoms with E-state index in [0.29, 0.717) is 6.54 Å². The number of carbonyl (C=O) groups excluding carboxylic acids is 1. The van der Waals surface area contributed by atoms with Crippen LogP contribution in [0.3, 0.4) is 0 Å². The van der Waals surface area contributed by atoms with Gasteiger partial charge in [-0.3, -0.25) is 9.69 Å². The summed E-state index contributed by atoms with van der Waals surface area (Å²) in [5.74, 6) is -2.12. The third-order valence-electron chi connectivity index (χ3n) is 4.27. The highest BCUT2D eigenvalue weighted by Gasteiger charge is 2.25. The maximum absolute atomic E-state index is 13.2. The van der Waals surface area contributed by atoms with E-state index in [0.717, 1.165) is 25.1 Å². The highest BCUT2D eigenvalue weighted by Crippen LogP contribution is 2.21. The number of fused-ring (bicyclic) bond motifs is 1. The lowest BCUT2D eigenvalue weighted by Gasteiger charge is -2.32. The van der Waals surface area contributed by atoms with E-state index in [2.05, 4.69) is 22.3 Å². The number of hydrogen-bond donors (Lipinski definition) is 1. The average Bonchev–Trinajstić information content (AvgIpc) is 2.57. The van der Waals surface area contributed by atoms with Gasteiger partial charge in [-0.15, -0.1) is 0 Å². The Hall–Kier alpha value is -2.27. The van der Waals surface area contributed by atoms with Crippen molar-refractivity contribution in [3.8, 4) is 0 Å². The third-order valence-corrected chi connectivity index (χ3v) is 4.27. The fourth-order valence-corrected chi connectivity index (χ4v) is 2.83. The van der Waals surface area contributed by atoms with Crippen molar-refractivity contribution in [3.63, 3.8) is 0 Å². The molecule has 0 spiro atoms. The Morgan fingerprint density at radius 2 is 1.87 bits per heavy atom. The Morgan fingerprint density at radius 3 is 2.61 bits per heavy atom. The minimum absolute atomic E-state index is 0.226. The number of benzene rings is 2.